The molecule has 3 rings (SSSR count). The number of carbonyl (C=O) groups is 1. The lowest BCUT2D eigenvalue weighted by Gasteiger charge is -2.44. The van der Waals surface area contributed by atoms with Gasteiger partial charge in [0.05, 0.1) is 0 Å². The van der Waals surface area contributed by atoms with Crippen LogP contribution in [0.25, 0.3) is 0 Å². The lowest BCUT2D eigenvalue weighted by molar-refractivity contribution is -0.142. The third kappa shape index (κ3) is 2.65. The van der Waals surface area contributed by atoms with Gasteiger partial charge in [-0.05, 0) is 45.6 Å². The van der Waals surface area contributed by atoms with Crippen LogP contribution < -0.4 is 5.73 Å². The lowest BCUT2D eigenvalue weighted by atomic mass is 9.84. The van der Waals surface area contributed by atoms with E-state index in [-0.39, 0.29) is 12.0 Å². The highest BCUT2D eigenvalue weighted by Crippen LogP contribution is 2.29. The van der Waals surface area contributed by atoms with Gasteiger partial charge in [-0.15, -0.1) is 0 Å². The van der Waals surface area contributed by atoms with Crippen molar-refractivity contribution in [2.24, 2.45) is 11.7 Å². The van der Waals surface area contributed by atoms with Crippen LogP contribution in [0.2, 0.25) is 0 Å². The topological polar surface area (TPSA) is 49.6 Å². The second kappa shape index (κ2) is 5.41. The molecular weight excluding hydrogens is 238 g/mol. The molecule has 3 fully saturated rings. The smallest absolute Gasteiger partial charge is 0.226 e. The molecule has 2 saturated heterocycles. The maximum atomic E-state index is 12.7. The fourth-order valence-corrected chi connectivity index (χ4v) is 4.18. The van der Waals surface area contributed by atoms with E-state index in [1.165, 1.54) is 19.4 Å². The third-order valence-corrected chi connectivity index (χ3v) is 5.28. The fraction of sp³-hybridized carbons (Fsp3) is 0.933. The van der Waals surface area contributed by atoms with Crippen molar-refractivity contribution in [3.05, 3.63) is 0 Å². The maximum absolute atomic E-state index is 12.7. The number of hydrogen-bond acceptors (Lipinski definition) is 3. The van der Waals surface area contributed by atoms with Crippen molar-refractivity contribution in [2.45, 2.75) is 63.6 Å². The van der Waals surface area contributed by atoms with E-state index < -0.39 is 0 Å². The summed E-state index contributed by atoms with van der Waals surface area (Å²) in [5.74, 6) is 0.577. The van der Waals surface area contributed by atoms with Crippen LogP contribution in [0.4, 0.5) is 0 Å². The van der Waals surface area contributed by atoms with E-state index in [1.54, 1.807) is 0 Å². The molecule has 2 heterocycles. The molecule has 0 bridgehead atoms. The second-order valence-corrected chi connectivity index (χ2v) is 6.75. The molecule has 0 aromatic carbocycles. The van der Waals surface area contributed by atoms with Crippen molar-refractivity contribution < 1.29 is 4.79 Å². The van der Waals surface area contributed by atoms with Crippen molar-refractivity contribution in [2.75, 3.05) is 19.6 Å². The standard InChI is InChI=1S/C15H27N3O/c1-11-9-17-7-3-6-14(17)10-18(11)15(19)12-4-2-5-13(16)8-12/h11-14H,2-10,16H2,1H3/t11-,12-,13-,14-/m1/s1. The summed E-state index contributed by atoms with van der Waals surface area (Å²) in [4.78, 5) is 17.5. The van der Waals surface area contributed by atoms with E-state index in [4.69, 9.17) is 5.73 Å². The Labute approximate surface area is 116 Å². The first-order valence-corrected chi connectivity index (χ1v) is 7.95. The van der Waals surface area contributed by atoms with E-state index in [9.17, 15) is 4.79 Å². The summed E-state index contributed by atoms with van der Waals surface area (Å²) in [7, 11) is 0. The van der Waals surface area contributed by atoms with E-state index in [2.05, 4.69) is 16.7 Å². The van der Waals surface area contributed by atoms with E-state index >= 15 is 0 Å². The molecule has 2 N–H and O–H groups in total. The van der Waals surface area contributed by atoms with Crippen LogP contribution in [0, 0.1) is 5.92 Å². The Morgan fingerprint density at radius 1 is 1.16 bits per heavy atom. The predicted octanol–water partition coefficient (Wildman–Crippen LogP) is 1.20. The van der Waals surface area contributed by atoms with Gasteiger partial charge >= 0.3 is 0 Å². The SMILES string of the molecule is C[C@@H]1CN2CCC[C@@H]2CN1C(=O)[C@@H]1CCC[C@@H](N)C1. The first-order chi connectivity index (χ1) is 9.15. The minimum atomic E-state index is 0.194. The highest BCUT2D eigenvalue weighted by Gasteiger charge is 2.39. The number of hydrogen-bond donors (Lipinski definition) is 1. The monoisotopic (exact) mass is 265 g/mol. The molecule has 19 heavy (non-hydrogen) atoms. The molecule has 4 heteroatoms. The van der Waals surface area contributed by atoms with Gasteiger partial charge < -0.3 is 10.6 Å². The Kier molecular flexibility index (Phi) is 3.81. The van der Waals surface area contributed by atoms with E-state index in [0.717, 1.165) is 38.8 Å². The summed E-state index contributed by atoms with van der Waals surface area (Å²) < 4.78 is 0. The highest BCUT2D eigenvalue weighted by atomic mass is 16.2. The quantitative estimate of drug-likeness (QED) is 0.775. The number of piperazine rings is 1. The number of fused-ring (bicyclic) bond motifs is 1. The summed E-state index contributed by atoms with van der Waals surface area (Å²) in [5, 5.41) is 0. The number of rotatable bonds is 1. The van der Waals surface area contributed by atoms with Gasteiger partial charge in [-0.2, -0.15) is 0 Å². The molecule has 0 radical (unpaired) electrons. The molecule has 4 nitrogen and oxygen atoms in total. The molecule has 3 aliphatic rings. The largest absolute Gasteiger partial charge is 0.337 e. The van der Waals surface area contributed by atoms with Crippen LogP contribution in [-0.2, 0) is 4.79 Å². The van der Waals surface area contributed by atoms with Gasteiger partial charge in [0.15, 0.2) is 0 Å². The minimum absolute atomic E-state index is 0.194. The third-order valence-electron chi connectivity index (χ3n) is 5.28. The molecule has 1 aliphatic carbocycles. The highest BCUT2D eigenvalue weighted by molar-refractivity contribution is 5.79. The van der Waals surface area contributed by atoms with Gasteiger partial charge in [-0.3, -0.25) is 9.69 Å². The molecule has 0 spiro atoms. The number of amides is 1. The van der Waals surface area contributed by atoms with Crippen molar-refractivity contribution in [3.8, 4) is 0 Å². The first-order valence-electron chi connectivity index (χ1n) is 7.95. The van der Waals surface area contributed by atoms with Gasteiger partial charge in [0.1, 0.15) is 0 Å². The van der Waals surface area contributed by atoms with Gasteiger partial charge in [-0.1, -0.05) is 6.42 Å². The average molecular weight is 265 g/mol. The van der Waals surface area contributed by atoms with E-state index in [1.807, 2.05) is 0 Å². The Bertz CT molecular complexity index is 346. The Morgan fingerprint density at radius 3 is 2.79 bits per heavy atom. The second-order valence-electron chi connectivity index (χ2n) is 6.75. The van der Waals surface area contributed by atoms with Crippen LogP contribution in [0.1, 0.15) is 45.4 Å². The Balaban J connectivity index is 1.65. The van der Waals surface area contributed by atoms with Crippen LogP contribution in [0.3, 0.4) is 0 Å². The van der Waals surface area contributed by atoms with Crippen molar-refractivity contribution in [3.63, 3.8) is 0 Å². The Morgan fingerprint density at radius 2 is 2.00 bits per heavy atom. The summed E-state index contributed by atoms with van der Waals surface area (Å²) in [6, 6.07) is 1.24. The van der Waals surface area contributed by atoms with Gasteiger partial charge in [0, 0.05) is 37.1 Å². The zero-order chi connectivity index (χ0) is 13.4. The lowest BCUT2D eigenvalue weighted by Crippen LogP contribution is -2.58. The van der Waals surface area contributed by atoms with Crippen LogP contribution in [-0.4, -0.2) is 53.5 Å². The number of nitrogens with zero attached hydrogens (tertiary/aromatic N) is 2. The number of carbonyl (C=O) groups excluding carboxylic acids is 1. The fourth-order valence-electron chi connectivity index (χ4n) is 4.18. The zero-order valence-corrected chi connectivity index (χ0v) is 12.1. The molecule has 0 unspecified atom stereocenters. The summed E-state index contributed by atoms with van der Waals surface area (Å²) in [6.45, 7) is 5.45. The molecule has 0 aromatic rings. The molecule has 0 aromatic heterocycles. The van der Waals surface area contributed by atoms with Crippen molar-refractivity contribution >= 4 is 5.91 Å². The van der Waals surface area contributed by atoms with Gasteiger partial charge in [0.25, 0.3) is 0 Å². The molecule has 4 atom stereocenters. The van der Waals surface area contributed by atoms with Crippen LogP contribution in [0.15, 0.2) is 0 Å². The number of nitrogens with two attached hydrogens (primary N) is 1. The maximum Gasteiger partial charge on any atom is 0.226 e. The molecule has 108 valence electrons. The predicted molar refractivity (Wildman–Crippen MR) is 75.7 cm³/mol. The average Bonchev–Trinajstić information content (AvgIpc) is 2.84. The van der Waals surface area contributed by atoms with E-state index in [0.29, 0.717) is 18.0 Å². The normalized spacial score (nSPS) is 40.2. The first kappa shape index (κ1) is 13.4. The molecule has 1 amide bonds. The Hall–Kier alpha value is -0.610. The van der Waals surface area contributed by atoms with Crippen molar-refractivity contribution in [1.82, 2.24) is 9.80 Å². The summed E-state index contributed by atoms with van der Waals surface area (Å²) in [6.07, 6.45) is 6.72. The van der Waals surface area contributed by atoms with Gasteiger partial charge in [0.2, 0.25) is 5.91 Å². The minimum Gasteiger partial charge on any atom is -0.337 e. The van der Waals surface area contributed by atoms with Crippen LogP contribution >= 0.6 is 0 Å². The molecule has 1 saturated carbocycles. The summed E-state index contributed by atoms with van der Waals surface area (Å²) in [5.41, 5.74) is 6.03. The van der Waals surface area contributed by atoms with Crippen LogP contribution in [0.5, 0.6) is 0 Å². The zero-order valence-electron chi connectivity index (χ0n) is 12.1. The van der Waals surface area contributed by atoms with Crippen molar-refractivity contribution in [1.29, 1.82) is 0 Å². The summed E-state index contributed by atoms with van der Waals surface area (Å²) >= 11 is 0. The van der Waals surface area contributed by atoms with Gasteiger partial charge in [-0.25, -0.2) is 0 Å². The molecule has 2 aliphatic heterocycles. The molecular formula is C15H27N3O.